The van der Waals surface area contributed by atoms with E-state index < -0.39 is 0 Å². The number of benzene rings is 7. The molecular weight excluding hydrogens is 510 g/mol. The number of fused-ring (bicyclic) bond motifs is 12. The van der Waals surface area contributed by atoms with Crippen molar-refractivity contribution in [2.75, 3.05) is 0 Å². The Labute approximate surface area is 241 Å². The number of hydrogen-bond acceptors (Lipinski definition) is 3. The van der Waals surface area contributed by atoms with Crippen molar-refractivity contribution in [1.82, 2.24) is 15.0 Å². The normalized spacial score (nSPS) is 11.8. The van der Waals surface area contributed by atoms with Crippen LogP contribution in [0.3, 0.4) is 0 Å². The Kier molecular flexibility index (Phi) is 4.90. The van der Waals surface area contributed by atoms with Crippen molar-refractivity contribution in [3.63, 3.8) is 0 Å². The molecule has 2 heterocycles. The second-order valence-corrected chi connectivity index (χ2v) is 10.8. The average Bonchev–Trinajstić information content (AvgIpc) is 3.08. The first-order valence-electron chi connectivity index (χ1n) is 14.2. The molecule has 3 nitrogen and oxygen atoms in total. The van der Waals surface area contributed by atoms with Crippen LogP contribution in [0.4, 0.5) is 0 Å². The molecule has 0 amide bonds. The number of hydrogen-bond donors (Lipinski definition) is 0. The summed E-state index contributed by atoms with van der Waals surface area (Å²) in [6.45, 7) is 0. The van der Waals surface area contributed by atoms with Gasteiger partial charge >= 0.3 is 0 Å². The van der Waals surface area contributed by atoms with Crippen LogP contribution in [0.15, 0.2) is 140 Å². The van der Waals surface area contributed by atoms with Gasteiger partial charge in [-0.2, -0.15) is 0 Å². The van der Waals surface area contributed by atoms with Gasteiger partial charge in [0.05, 0.1) is 16.6 Å². The predicted molar refractivity (Wildman–Crippen MR) is 176 cm³/mol. The summed E-state index contributed by atoms with van der Waals surface area (Å²) in [5, 5.41) is 10.7. The summed E-state index contributed by atoms with van der Waals surface area (Å²) in [6, 6.07) is 43.6. The van der Waals surface area contributed by atoms with E-state index in [2.05, 4.69) is 115 Å². The lowest BCUT2D eigenvalue weighted by atomic mass is 9.92. The number of aromatic nitrogens is 3. The molecule has 7 aromatic carbocycles. The molecule has 9 rings (SSSR count). The second kappa shape index (κ2) is 8.92. The molecule has 2 aromatic heterocycles. The summed E-state index contributed by atoms with van der Waals surface area (Å²) in [7, 11) is 0. The highest BCUT2D eigenvalue weighted by molar-refractivity contribution is 6.25. The summed E-state index contributed by atoms with van der Waals surface area (Å²) >= 11 is 0. The summed E-state index contributed by atoms with van der Waals surface area (Å²) in [4.78, 5) is 14.3. The third-order valence-electron chi connectivity index (χ3n) is 8.56. The molecule has 0 aliphatic rings. The molecule has 0 aliphatic carbocycles. The lowest BCUT2D eigenvalue weighted by molar-refractivity contribution is 1.31. The molecule has 0 saturated heterocycles. The standard InChI is InChI=1S/C39H23N3/c1-2-10-29-28(9-1)31-16-14-26(22-35(31)37-33(29)13-6-18-40-37)24-7-5-8-25(21-24)27-15-17-32-30-11-3-4-12-34(30)38-39(36(32)23-27)42-20-19-41-38/h1-23H. The minimum Gasteiger partial charge on any atom is -0.256 e. The van der Waals surface area contributed by atoms with E-state index in [-0.39, 0.29) is 0 Å². The van der Waals surface area contributed by atoms with Crippen LogP contribution < -0.4 is 0 Å². The zero-order valence-corrected chi connectivity index (χ0v) is 22.6. The molecule has 9 aromatic rings. The van der Waals surface area contributed by atoms with E-state index in [1.54, 1.807) is 12.4 Å². The molecule has 0 bridgehead atoms. The lowest BCUT2D eigenvalue weighted by Gasteiger charge is -2.13. The second-order valence-electron chi connectivity index (χ2n) is 10.8. The first kappa shape index (κ1) is 23.1. The van der Waals surface area contributed by atoms with Crippen molar-refractivity contribution in [3.05, 3.63) is 140 Å². The zero-order valence-electron chi connectivity index (χ0n) is 22.6. The third-order valence-corrected chi connectivity index (χ3v) is 8.56. The molecule has 0 N–H and O–H groups in total. The van der Waals surface area contributed by atoms with Gasteiger partial charge in [-0.1, -0.05) is 97.1 Å². The first-order chi connectivity index (χ1) is 20.8. The Morgan fingerprint density at radius 2 is 0.690 bits per heavy atom. The van der Waals surface area contributed by atoms with Crippen molar-refractivity contribution < 1.29 is 0 Å². The minimum atomic E-state index is 0.935. The molecule has 42 heavy (non-hydrogen) atoms. The molecule has 0 fully saturated rings. The van der Waals surface area contributed by atoms with Gasteiger partial charge in [0, 0.05) is 40.1 Å². The van der Waals surface area contributed by atoms with Crippen LogP contribution in [0.1, 0.15) is 0 Å². The highest BCUT2D eigenvalue weighted by Crippen LogP contribution is 2.38. The van der Waals surface area contributed by atoms with Crippen LogP contribution in [0, 0.1) is 0 Å². The van der Waals surface area contributed by atoms with Crippen LogP contribution in [0.25, 0.3) is 87.3 Å². The smallest absolute Gasteiger partial charge is 0.0971 e. The number of nitrogens with zero attached hydrogens (tertiary/aromatic N) is 3. The zero-order chi connectivity index (χ0) is 27.6. The summed E-state index contributed by atoms with van der Waals surface area (Å²) < 4.78 is 0. The summed E-state index contributed by atoms with van der Waals surface area (Å²) in [5.74, 6) is 0. The van der Waals surface area contributed by atoms with Crippen molar-refractivity contribution in [1.29, 1.82) is 0 Å². The van der Waals surface area contributed by atoms with Crippen LogP contribution in [0.2, 0.25) is 0 Å². The van der Waals surface area contributed by atoms with Gasteiger partial charge in [-0.3, -0.25) is 15.0 Å². The Morgan fingerprint density at radius 1 is 0.262 bits per heavy atom. The van der Waals surface area contributed by atoms with Gasteiger partial charge in [-0.25, -0.2) is 0 Å². The fourth-order valence-electron chi connectivity index (χ4n) is 6.63. The van der Waals surface area contributed by atoms with Crippen LogP contribution in [-0.4, -0.2) is 15.0 Å². The van der Waals surface area contributed by atoms with E-state index in [9.17, 15) is 0 Å². The van der Waals surface area contributed by atoms with Gasteiger partial charge < -0.3 is 0 Å². The van der Waals surface area contributed by atoms with Gasteiger partial charge in [0.2, 0.25) is 0 Å². The molecule has 0 radical (unpaired) electrons. The number of rotatable bonds is 2. The molecule has 0 atom stereocenters. The monoisotopic (exact) mass is 533 g/mol. The van der Waals surface area contributed by atoms with Gasteiger partial charge in [0.15, 0.2) is 0 Å². The van der Waals surface area contributed by atoms with Crippen LogP contribution in [-0.2, 0) is 0 Å². The van der Waals surface area contributed by atoms with Gasteiger partial charge in [-0.15, -0.1) is 0 Å². The predicted octanol–water partition coefficient (Wildman–Crippen LogP) is 10.1. The van der Waals surface area contributed by atoms with E-state index in [0.717, 1.165) is 32.9 Å². The quantitative estimate of drug-likeness (QED) is 0.208. The highest BCUT2D eigenvalue weighted by atomic mass is 14.8. The van der Waals surface area contributed by atoms with Crippen molar-refractivity contribution in [2.45, 2.75) is 0 Å². The van der Waals surface area contributed by atoms with Gasteiger partial charge in [-0.05, 0) is 73.5 Å². The molecule has 0 saturated carbocycles. The summed E-state index contributed by atoms with van der Waals surface area (Å²) in [6.07, 6.45) is 5.45. The first-order valence-corrected chi connectivity index (χ1v) is 14.2. The lowest BCUT2D eigenvalue weighted by Crippen LogP contribution is -1.89. The molecule has 0 unspecified atom stereocenters. The Balaban J connectivity index is 1.23. The van der Waals surface area contributed by atoms with E-state index in [1.807, 2.05) is 12.3 Å². The maximum atomic E-state index is 4.82. The van der Waals surface area contributed by atoms with Crippen molar-refractivity contribution in [3.8, 4) is 22.3 Å². The van der Waals surface area contributed by atoms with Crippen molar-refractivity contribution >= 4 is 65.0 Å². The Morgan fingerprint density at radius 3 is 1.33 bits per heavy atom. The van der Waals surface area contributed by atoms with E-state index in [0.29, 0.717) is 0 Å². The molecule has 194 valence electrons. The molecular formula is C39H23N3. The fraction of sp³-hybridized carbons (Fsp3) is 0. The SMILES string of the molecule is c1cc(-c2ccc3c4ccccc4c4cccnc4c3c2)cc(-c2ccc3c4ccccc4c4nccnc4c3c2)c1. The van der Waals surface area contributed by atoms with Crippen LogP contribution in [0.5, 0.6) is 0 Å². The van der Waals surface area contributed by atoms with Crippen molar-refractivity contribution in [2.24, 2.45) is 0 Å². The van der Waals surface area contributed by atoms with E-state index in [4.69, 9.17) is 15.0 Å². The van der Waals surface area contributed by atoms with Crippen LogP contribution >= 0.6 is 0 Å². The maximum Gasteiger partial charge on any atom is 0.0971 e. The number of pyridine rings is 1. The van der Waals surface area contributed by atoms with Gasteiger partial charge in [0.1, 0.15) is 0 Å². The molecule has 3 heteroatoms. The van der Waals surface area contributed by atoms with E-state index in [1.165, 1.54) is 54.4 Å². The highest BCUT2D eigenvalue weighted by Gasteiger charge is 2.13. The largest absolute Gasteiger partial charge is 0.256 e. The molecule has 0 aliphatic heterocycles. The minimum absolute atomic E-state index is 0.935. The summed E-state index contributed by atoms with van der Waals surface area (Å²) in [5.41, 5.74) is 7.59. The average molecular weight is 534 g/mol. The molecule has 0 spiro atoms. The van der Waals surface area contributed by atoms with E-state index >= 15 is 0 Å². The van der Waals surface area contributed by atoms with Gasteiger partial charge in [0.25, 0.3) is 0 Å². The Hall–Kier alpha value is -5.67. The third kappa shape index (κ3) is 3.37. The maximum absolute atomic E-state index is 4.82. The fourth-order valence-corrected chi connectivity index (χ4v) is 6.63. The Bertz CT molecular complexity index is 2290. The topological polar surface area (TPSA) is 38.7 Å².